The van der Waals surface area contributed by atoms with Crippen molar-refractivity contribution in [2.24, 2.45) is 0 Å². The first-order valence-electron chi connectivity index (χ1n) is 9.98. The molecule has 27 heavy (non-hydrogen) atoms. The Kier molecular flexibility index (Phi) is 5.51. The van der Waals surface area contributed by atoms with Crippen LogP contribution in [-0.4, -0.2) is 53.0 Å². The fourth-order valence-electron chi connectivity index (χ4n) is 3.95. The Morgan fingerprint density at radius 3 is 2.44 bits per heavy atom. The SMILES string of the molecule is O=C(c1ccnc(NC2CCCCC2)n1)N1CCN(c2ccccc2)CC1. The number of piperazine rings is 1. The average Bonchev–Trinajstić information content (AvgIpc) is 2.75. The summed E-state index contributed by atoms with van der Waals surface area (Å²) < 4.78 is 0. The Labute approximate surface area is 160 Å². The van der Waals surface area contributed by atoms with Crippen molar-refractivity contribution < 1.29 is 4.79 Å². The molecule has 6 heteroatoms. The summed E-state index contributed by atoms with van der Waals surface area (Å²) in [5, 5.41) is 3.41. The van der Waals surface area contributed by atoms with Gasteiger partial charge in [-0.05, 0) is 31.0 Å². The van der Waals surface area contributed by atoms with Crippen LogP contribution in [0.1, 0.15) is 42.6 Å². The van der Waals surface area contributed by atoms with Crippen molar-refractivity contribution >= 4 is 17.5 Å². The van der Waals surface area contributed by atoms with Gasteiger partial charge < -0.3 is 15.1 Å². The summed E-state index contributed by atoms with van der Waals surface area (Å²) in [5.41, 5.74) is 1.70. The number of carbonyl (C=O) groups is 1. The number of hydrogen-bond donors (Lipinski definition) is 1. The van der Waals surface area contributed by atoms with Gasteiger partial charge in [0.1, 0.15) is 5.69 Å². The number of nitrogens with zero attached hydrogens (tertiary/aromatic N) is 4. The minimum Gasteiger partial charge on any atom is -0.368 e. The first-order valence-corrected chi connectivity index (χ1v) is 9.98. The largest absolute Gasteiger partial charge is 0.368 e. The molecule has 1 aromatic heterocycles. The van der Waals surface area contributed by atoms with E-state index in [4.69, 9.17) is 0 Å². The van der Waals surface area contributed by atoms with Gasteiger partial charge >= 0.3 is 0 Å². The molecule has 0 radical (unpaired) electrons. The molecule has 1 saturated heterocycles. The molecule has 2 heterocycles. The number of benzene rings is 1. The molecule has 1 saturated carbocycles. The lowest BCUT2D eigenvalue weighted by atomic mass is 9.96. The van der Waals surface area contributed by atoms with Gasteiger partial charge in [-0.2, -0.15) is 0 Å². The molecule has 0 bridgehead atoms. The van der Waals surface area contributed by atoms with Crippen LogP contribution < -0.4 is 10.2 Å². The highest BCUT2D eigenvalue weighted by Gasteiger charge is 2.24. The van der Waals surface area contributed by atoms with E-state index in [-0.39, 0.29) is 5.91 Å². The van der Waals surface area contributed by atoms with E-state index < -0.39 is 0 Å². The second-order valence-corrected chi connectivity index (χ2v) is 7.36. The number of anilines is 2. The van der Waals surface area contributed by atoms with Crippen LogP contribution in [0, 0.1) is 0 Å². The molecule has 1 aromatic carbocycles. The molecule has 142 valence electrons. The maximum absolute atomic E-state index is 12.9. The van der Waals surface area contributed by atoms with Crippen LogP contribution in [0.2, 0.25) is 0 Å². The lowest BCUT2D eigenvalue weighted by Gasteiger charge is -2.36. The van der Waals surface area contributed by atoms with Crippen molar-refractivity contribution in [2.75, 3.05) is 36.4 Å². The third-order valence-corrected chi connectivity index (χ3v) is 5.50. The van der Waals surface area contributed by atoms with Gasteiger partial charge in [0, 0.05) is 44.1 Å². The van der Waals surface area contributed by atoms with Gasteiger partial charge in [-0.1, -0.05) is 37.5 Å². The second-order valence-electron chi connectivity index (χ2n) is 7.36. The molecule has 1 aliphatic carbocycles. The van der Waals surface area contributed by atoms with Gasteiger partial charge in [0.2, 0.25) is 5.95 Å². The summed E-state index contributed by atoms with van der Waals surface area (Å²) in [7, 11) is 0. The predicted octanol–water partition coefficient (Wildman–Crippen LogP) is 3.18. The summed E-state index contributed by atoms with van der Waals surface area (Å²) in [5.74, 6) is 0.576. The number of amides is 1. The standard InChI is InChI=1S/C21H27N5O/c27-20(26-15-13-25(14-16-26)18-9-5-2-6-10-18)19-11-12-22-21(24-19)23-17-7-3-1-4-8-17/h2,5-6,9-12,17H,1,3-4,7-8,13-16H2,(H,22,23,24). The van der Waals surface area contributed by atoms with Gasteiger partial charge in [0.25, 0.3) is 5.91 Å². The lowest BCUT2D eigenvalue weighted by Crippen LogP contribution is -2.49. The molecule has 2 aromatic rings. The van der Waals surface area contributed by atoms with Crippen LogP contribution >= 0.6 is 0 Å². The van der Waals surface area contributed by atoms with Crippen molar-refractivity contribution in [3.63, 3.8) is 0 Å². The number of hydrogen-bond acceptors (Lipinski definition) is 5. The van der Waals surface area contributed by atoms with E-state index in [1.807, 2.05) is 11.0 Å². The minimum atomic E-state index is -0.00296. The van der Waals surface area contributed by atoms with E-state index in [1.165, 1.54) is 24.9 Å². The van der Waals surface area contributed by atoms with E-state index in [0.717, 1.165) is 25.9 Å². The molecule has 0 atom stereocenters. The van der Waals surface area contributed by atoms with E-state index in [9.17, 15) is 4.79 Å². The van der Waals surface area contributed by atoms with Gasteiger partial charge in [-0.25, -0.2) is 9.97 Å². The van der Waals surface area contributed by atoms with E-state index in [0.29, 0.717) is 30.8 Å². The van der Waals surface area contributed by atoms with Crippen molar-refractivity contribution in [1.82, 2.24) is 14.9 Å². The quantitative estimate of drug-likeness (QED) is 0.902. The van der Waals surface area contributed by atoms with E-state index >= 15 is 0 Å². The number of nitrogens with one attached hydrogen (secondary N) is 1. The molecule has 0 spiro atoms. The molecule has 4 rings (SSSR count). The molecule has 1 aliphatic heterocycles. The fourth-order valence-corrected chi connectivity index (χ4v) is 3.95. The van der Waals surface area contributed by atoms with Crippen LogP contribution in [0.5, 0.6) is 0 Å². The van der Waals surface area contributed by atoms with Crippen molar-refractivity contribution in [2.45, 2.75) is 38.1 Å². The smallest absolute Gasteiger partial charge is 0.272 e. The molecule has 1 N–H and O–H groups in total. The summed E-state index contributed by atoms with van der Waals surface area (Å²) in [4.78, 5) is 25.9. The lowest BCUT2D eigenvalue weighted by molar-refractivity contribution is 0.0741. The van der Waals surface area contributed by atoms with Gasteiger partial charge in [-0.15, -0.1) is 0 Å². The van der Waals surface area contributed by atoms with E-state index in [2.05, 4.69) is 44.5 Å². The van der Waals surface area contributed by atoms with Crippen LogP contribution in [0.3, 0.4) is 0 Å². The van der Waals surface area contributed by atoms with Gasteiger partial charge in [-0.3, -0.25) is 4.79 Å². The molecule has 6 nitrogen and oxygen atoms in total. The summed E-state index contributed by atoms with van der Waals surface area (Å²) in [6.07, 6.45) is 7.81. The highest BCUT2D eigenvalue weighted by atomic mass is 16.2. The Balaban J connectivity index is 1.36. The first kappa shape index (κ1) is 17.8. The molecule has 2 fully saturated rings. The highest BCUT2D eigenvalue weighted by molar-refractivity contribution is 5.92. The second kappa shape index (κ2) is 8.37. The summed E-state index contributed by atoms with van der Waals surface area (Å²) >= 11 is 0. The van der Waals surface area contributed by atoms with E-state index in [1.54, 1.807) is 12.3 Å². The van der Waals surface area contributed by atoms with Crippen molar-refractivity contribution in [3.8, 4) is 0 Å². The summed E-state index contributed by atoms with van der Waals surface area (Å²) in [6, 6.07) is 12.5. The summed E-state index contributed by atoms with van der Waals surface area (Å²) in [6.45, 7) is 3.11. The zero-order chi connectivity index (χ0) is 18.5. The van der Waals surface area contributed by atoms with Crippen molar-refractivity contribution in [3.05, 3.63) is 48.3 Å². The van der Waals surface area contributed by atoms with Crippen LogP contribution in [0.25, 0.3) is 0 Å². The fraction of sp³-hybridized carbons (Fsp3) is 0.476. The number of aromatic nitrogens is 2. The average molecular weight is 365 g/mol. The first-order chi connectivity index (χ1) is 13.3. The number of carbonyl (C=O) groups excluding carboxylic acids is 1. The third-order valence-electron chi connectivity index (χ3n) is 5.50. The van der Waals surface area contributed by atoms with Gasteiger partial charge in [0.05, 0.1) is 0 Å². The maximum Gasteiger partial charge on any atom is 0.272 e. The predicted molar refractivity (Wildman–Crippen MR) is 107 cm³/mol. The molecule has 2 aliphatic rings. The van der Waals surface area contributed by atoms with Gasteiger partial charge in [0.15, 0.2) is 0 Å². The number of para-hydroxylation sites is 1. The zero-order valence-electron chi connectivity index (χ0n) is 15.7. The Morgan fingerprint density at radius 1 is 0.963 bits per heavy atom. The third kappa shape index (κ3) is 4.38. The Hall–Kier alpha value is -2.63. The maximum atomic E-state index is 12.9. The van der Waals surface area contributed by atoms with Crippen molar-refractivity contribution in [1.29, 1.82) is 0 Å². The topological polar surface area (TPSA) is 61.4 Å². The van der Waals surface area contributed by atoms with Crippen LogP contribution in [0.15, 0.2) is 42.6 Å². The molecular weight excluding hydrogens is 338 g/mol. The van der Waals surface area contributed by atoms with Crippen LogP contribution in [-0.2, 0) is 0 Å². The van der Waals surface area contributed by atoms with Crippen LogP contribution in [0.4, 0.5) is 11.6 Å². The zero-order valence-corrected chi connectivity index (χ0v) is 15.7. The Bertz CT molecular complexity index is 752. The monoisotopic (exact) mass is 365 g/mol. The molecule has 0 unspecified atom stereocenters. The highest BCUT2D eigenvalue weighted by Crippen LogP contribution is 2.20. The normalized spacial score (nSPS) is 18.4. The number of rotatable bonds is 4. The molecular formula is C21H27N5O. The Morgan fingerprint density at radius 2 is 1.70 bits per heavy atom. The minimum absolute atomic E-state index is 0.00296. The molecule has 1 amide bonds.